The summed E-state index contributed by atoms with van der Waals surface area (Å²) in [5.41, 5.74) is 0. The van der Waals surface area contributed by atoms with E-state index in [1.807, 2.05) is 0 Å². The van der Waals surface area contributed by atoms with E-state index in [1.165, 1.54) is 0 Å². The Bertz CT molecular complexity index is 104. The van der Waals surface area contributed by atoms with Crippen molar-refractivity contribution in [1.29, 1.82) is 0 Å². The van der Waals surface area contributed by atoms with Gasteiger partial charge >= 0.3 is 58.7 Å². The van der Waals surface area contributed by atoms with Gasteiger partial charge in [-0.1, -0.05) is 0 Å². The maximum absolute atomic E-state index is 8.64. The number of aliphatic hydroxyl groups is 2. The molecule has 0 aromatic rings. The monoisotopic (exact) mass is 248 g/mol. The molecule has 2 nitrogen and oxygen atoms in total. The molecule has 0 atom stereocenters. The molecule has 4 heteroatoms. The molecule has 0 aliphatic heterocycles. The molecule has 0 heterocycles. The molecule has 0 aliphatic carbocycles. The summed E-state index contributed by atoms with van der Waals surface area (Å²) in [6.45, 7) is 3.34. The third-order valence-corrected chi connectivity index (χ3v) is 7.64. The summed E-state index contributed by atoms with van der Waals surface area (Å²) in [6.07, 6.45) is 0. The van der Waals surface area contributed by atoms with Crippen LogP contribution in [-0.2, 0) is 0 Å². The molecule has 0 unspecified atom stereocenters. The summed E-state index contributed by atoms with van der Waals surface area (Å²) in [6, 6.07) is 0. The van der Waals surface area contributed by atoms with Crippen molar-refractivity contribution in [3.8, 4) is 0 Å². The summed E-state index contributed by atoms with van der Waals surface area (Å²) in [7, 11) is 0. The van der Waals surface area contributed by atoms with Crippen molar-refractivity contribution in [3.05, 3.63) is 0 Å². The second-order valence-electron chi connectivity index (χ2n) is 1.20. The van der Waals surface area contributed by atoms with Crippen LogP contribution in [0.4, 0.5) is 0 Å². The normalized spacial score (nSPS) is 14.5. The standard InChI is InChI=1S/C4H8O2Se2/c1-3(5)7-8-4(2)6/h5-6H,1-2H3. The van der Waals surface area contributed by atoms with E-state index in [2.05, 4.69) is 0 Å². The number of hydrogen-bond donors (Lipinski definition) is 2. The van der Waals surface area contributed by atoms with Crippen LogP contribution >= 0.6 is 0 Å². The summed E-state index contributed by atoms with van der Waals surface area (Å²) >= 11 is 0.289. The predicted octanol–water partition coefficient (Wildman–Crippen LogP) is -0.646. The molecule has 0 bridgehead atoms. The molecular weight excluding hydrogens is 238 g/mol. The van der Waals surface area contributed by atoms with E-state index < -0.39 is 0 Å². The van der Waals surface area contributed by atoms with Crippen molar-refractivity contribution in [2.75, 3.05) is 0 Å². The van der Waals surface area contributed by atoms with E-state index in [0.717, 1.165) is 0 Å². The van der Waals surface area contributed by atoms with Gasteiger partial charge in [0.2, 0.25) is 0 Å². The van der Waals surface area contributed by atoms with Crippen LogP contribution in [-0.4, -0.2) is 44.8 Å². The molecule has 0 saturated heterocycles. The molecule has 0 aromatic heterocycles. The van der Waals surface area contributed by atoms with Gasteiger partial charge in [-0.05, 0) is 0 Å². The first kappa shape index (κ1) is 8.70. The van der Waals surface area contributed by atoms with Crippen molar-refractivity contribution in [1.82, 2.24) is 0 Å². The summed E-state index contributed by atoms with van der Waals surface area (Å²) in [5, 5.41) is 17.3. The van der Waals surface area contributed by atoms with Crippen molar-refractivity contribution >= 4 is 34.6 Å². The van der Waals surface area contributed by atoms with E-state index in [9.17, 15) is 0 Å². The molecule has 2 radical (unpaired) electrons. The minimum atomic E-state index is 0.145. The first-order valence-electron chi connectivity index (χ1n) is 2.02. The van der Waals surface area contributed by atoms with Gasteiger partial charge in [-0.15, -0.1) is 0 Å². The van der Waals surface area contributed by atoms with Gasteiger partial charge in [-0.25, -0.2) is 0 Å². The Balaban J connectivity index is 3.76. The SMILES string of the molecule is CC(O)=[Se][Se]=C(C)O. The first-order chi connectivity index (χ1) is 3.63. The predicted molar refractivity (Wildman–Crippen MR) is 36.7 cm³/mol. The average Bonchev–Trinajstić information content (AvgIpc) is 1.61. The van der Waals surface area contributed by atoms with Crippen LogP contribution in [0, 0.1) is 0 Å². The van der Waals surface area contributed by atoms with Gasteiger partial charge in [0.25, 0.3) is 0 Å². The summed E-state index contributed by atoms with van der Waals surface area (Å²) in [5.74, 6) is 0. The van der Waals surface area contributed by atoms with Gasteiger partial charge in [-0.3, -0.25) is 0 Å². The fraction of sp³-hybridized carbons (Fsp3) is 0.500. The van der Waals surface area contributed by atoms with Crippen LogP contribution in [0.2, 0.25) is 0 Å². The van der Waals surface area contributed by atoms with Crippen molar-refractivity contribution in [2.24, 2.45) is 0 Å². The quantitative estimate of drug-likeness (QED) is 0.604. The molecule has 48 valence electrons. The van der Waals surface area contributed by atoms with Crippen LogP contribution in [0.25, 0.3) is 0 Å². The fourth-order valence-electron chi connectivity index (χ4n) is 0.121. The van der Waals surface area contributed by atoms with Crippen molar-refractivity contribution < 1.29 is 10.2 Å². The number of aliphatic hydroxyl groups excluding tert-OH is 2. The molecule has 0 spiro atoms. The van der Waals surface area contributed by atoms with Crippen LogP contribution < -0.4 is 0 Å². The van der Waals surface area contributed by atoms with E-state index in [1.54, 1.807) is 13.8 Å². The Morgan fingerprint density at radius 3 is 1.38 bits per heavy atom. The van der Waals surface area contributed by atoms with Gasteiger partial charge in [0.15, 0.2) is 0 Å². The van der Waals surface area contributed by atoms with Gasteiger partial charge in [0.05, 0.1) is 0 Å². The number of hydrogen-bond acceptors (Lipinski definition) is 2. The van der Waals surface area contributed by atoms with Crippen molar-refractivity contribution in [3.63, 3.8) is 0 Å². The van der Waals surface area contributed by atoms with E-state index >= 15 is 0 Å². The zero-order chi connectivity index (χ0) is 6.57. The fourth-order valence-corrected chi connectivity index (χ4v) is 3.26. The van der Waals surface area contributed by atoms with Gasteiger partial charge in [0, 0.05) is 0 Å². The third kappa shape index (κ3) is 6.70. The molecule has 2 N–H and O–H groups in total. The second-order valence-corrected chi connectivity index (χ2v) is 8.02. The van der Waals surface area contributed by atoms with E-state index in [4.69, 9.17) is 10.2 Å². The van der Waals surface area contributed by atoms with Gasteiger partial charge in [0.1, 0.15) is 0 Å². The average molecular weight is 246 g/mol. The van der Waals surface area contributed by atoms with E-state index in [-0.39, 0.29) is 25.4 Å². The van der Waals surface area contributed by atoms with Gasteiger partial charge < -0.3 is 0 Å². The topological polar surface area (TPSA) is 40.5 Å². The second kappa shape index (κ2) is 4.57. The third-order valence-electron chi connectivity index (χ3n) is 0.283. The van der Waals surface area contributed by atoms with Crippen molar-refractivity contribution in [2.45, 2.75) is 13.8 Å². The zero-order valence-electron chi connectivity index (χ0n) is 4.71. The Morgan fingerprint density at radius 2 is 1.25 bits per heavy atom. The molecule has 0 amide bonds. The van der Waals surface area contributed by atoms with Gasteiger partial charge in [-0.2, -0.15) is 0 Å². The van der Waals surface area contributed by atoms with Crippen LogP contribution in [0.3, 0.4) is 0 Å². The Morgan fingerprint density at radius 1 is 1.00 bits per heavy atom. The molecule has 0 fully saturated rings. The Labute approximate surface area is 58.9 Å². The number of rotatable bonds is 1. The molecule has 0 rings (SSSR count). The zero-order valence-corrected chi connectivity index (χ0v) is 8.14. The summed E-state index contributed by atoms with van der Waals surface area (Å²) < 4.78 is 0.928. The molecular formula is C4H8O2Se2. The van der Waals surface area contributed by atoms with Crippen LogP contribution in [0.5, 0.6) is 0 Å². The molecule has 8 heavy (non-hydrogen) atoms. The van der Waals surface area contributed by atoms with Crippen LogP contribution in [0.1, 0.15) is 13.8 Å². The van der Waals surface area contributed by atoms with Crippen LogP contribution in [0.15, 0.2) is 0 Å². The Hall–Kier alpha value is 0.699. The Kier molecular flexibility index (Phi) is 4.96. The molecule has 0 aromatic carbocycles. The summed E-state index contributed by atoms with van der Waals surface area (Å²) in [4.78, 5) is 0. The van der Waals surface area contributed by atoms with E-state index in [0.29, 0.717) is 9.21 Å². The first-order valence-corrected chi connectivity index (χ1v) is 8.07. The minimum absolute atomic E-state index is 0.145. The molecule has 0 aliphatic rings. The maximum atomic E-state index is 8.64. The molecule has 0 saturated carbocycles.